The largest absolute Gasteiger partial charge is 4.00 e. The Balaban J connectivity index is 0.000000240. The van der Waals surface area contributed by atoms with Crippen molar-refractivity contribution in [3.8, 4) is 43.1 Å². The van der Waals surface area contributed by atoms with E-state index in [9.17, 15) is 0 Å². The first-order valence-corrected chi connectivity index (χ1v) is 28.3. The first-order valence-electron chi connectivity index (χ1n) is 19.7. The molecule has 2 heterocycles. The van der Waals surface area contributed by atoms with Gasteiger partial charge in [0.05, 0.1) is 16.1 Å². The topological polar surface area (TPSA) is 0 Å². The van der Waals surface area contributed by atoms with Crippen LogP contribution < -0.4 is 35.2 Å². The Bertz CT molecular complexity index is 2310. The van der Waals surface area contributed by atoms with E-state index in [0.29, 0.717) is 0 Å². The molecule has 6 aromatic carbocycles. The van der Waals surface area contributed by atoms with Gasteiger partial charge in [-0.3, -0.25) is 0 Å². The van der Waals surface area contributed by atoms with E-state index >= 15 is 0 Å². The molecule has 0 atom stereocenters. The van der Waals surface area contributed by atoms with Crippen molar-refractivity contribution in [3.05, 3.63) is 143 Å². The van der Waals surface area contributed by atoms with Gasteiger partial charge in [-0.25, -0.2) is 0 Å². The number of halogens is 2. The summed E-state index contributed by atoms with van der Waals surface area (Å²) < 4.78 is 0. The van der Waals surface area contributed by atoms with Gasteiger partial charge in [0.2, 0.25) is 0 Å². The molecular formula is C50H54Cl2S2Si2Zr. The summed E-state index contributed by atoms with van der Waals surface area (Å²) >= 11 is 3.87. The van der Waals surface area contributed by atoms with Crippen LogP contribution in [0.25, 0.3) is 64.7 Å². The zero-order valence-electron chi connectivity index (χ0n) is 34.6. The average Bonchev–Trinajstić information content (AvgIpc) is 3.97. The molecule has 0 fully saturated rings. The Morgan fingerprint density at radius 3 is 1.18 bits per heavy atom. The molecule has 0 unspecified atom stereocenters. The minimum Gasteiger partial charge on any atom is -1.00 e. The summed E-state index contributed by atoms with van der Waals surface area (Å²) in [6, 6.07) is 50.5. The summed E-state index contributed by atoms with van der Waals surface area (Å²) in [7, 11) is -2.51. The molecule has 0 nitrogen and oxygen atoms in total. The van der Waals surface area contributed by atoms with Crippen LogP contribution in [0.3, 0.4) is 0 Å². The molecular weight excluding hydrogens is 883 g/mol. The van der Waals surface area contributed by atoms with Crippen LogP contribution in [-0.4, -0.2) is 16.1 Å². The van der Waals surface area contributed by atoms with Crippen molar-refractivity contribution in [1.29, 1.82) is 0 Å². The maximum Gasteiger partial charge on any atom is 4.00 e. The fourth-order valence-electron chi connectivity index (χ4n) is 7.38. The second-order valence-electron chi connectivity index (χ2n) is 16.8. The third-order valence-corrected chi connectivity index (χ3v) is 17.0. The van der Waals surface area contributed by atoms with Crippen molar-refractivity contribution in [2.45, 2.75) is 78.8 Å². The molecule has 57 heavy (non-hydrogen) atoms. The summed E-state index contributed by atoms with van der Waals surface area (Å²) in [6.07, 6.45) is 4.78. The zero-order chi connectivity index (χ0) is 38.0. The van der Waals surface area contributed by atoms with Crippen molar-refractivity contribution in [3.63, 3.8) is 0 Å². The van der Waals surface area contributed by atoms with E-state index in [2.05, 4.69) is 187 Å². The molecule has 7 heteroatoms. The van der Waals surface area contributed by atoms with Gasteiger partial charge in [-0.2, -0.15) is 22.7 Å². The Morgan fingerprint density at radius 1 is 0.474 bits per heavy atom. The van der Waals surface area contributed by atoms with Crippen LogP contribution in [0.15, 0.2) is 133 Å². The minimum absolute atomic E-state index is 0. The van der Waals surface area contributed by atoms with Crippen molar-refractivity contribution in [1.82, 2.24) is 0 Å². The van der Waals surface area contributed by atoms with Gasteiger partial charge >= 0.3 is 26.2 Å². The SMILES string of the molecule is CCCc1ccc(-c2cc3c(-c4ccc([Si](C)(C)C)cc4)cccc3[cH-]2)s1.CCCc1ccc(-c2cc3c(-c4ccc([Si](C)(C)C)cc4)cccc3[cH-]2)s1.[Cl-].[Cl-].[Zr+4]. The van der Waals surface area contributed by atoms with Crippen LogP contribution >= 0.6 is 22.7 Å². The molecule has 292 valence electrons. The minimum atomic E-state index is -1.25. The molecule has 0 saturated carbocycles. The summed E-state index contributed by atoms with van der Waals surface area (Å²) in [6.45, 7) is 18.9. The van der Waals surface area contributed by atoms with E-state index in [4.69, 9.17) is 0 Å². The molecule has 8 aromatic rings. The van der Waals surface area contributed by atoms with Gasteiger partial charge in [0, 0.05) is 0 Å². The van der Waals surface area contributed by atoms with Gasteiger partial charge in [0.15, 0.2) is 0 Å². The number of aryl methyl sites for hydroxylation is 2. The second kappa shape index (κ2) is 20.1. The molecule has 0 bridgehead atoms. The Hall–Kier alpha value is -2.60. The maximum atomic E-state index is 2.40. The van der Waals surface area contributed by atoms with Crippen LogP contribution in [-0.2, 0) is 39.0 Å². The number of thiophene rings is 2. The average molecular weight is 937 g/mol. The van der Waals surface area contributed by atoms with Gasteiger partial charge in [-0.05, 0) is 43.5 Å². The maximum absolute atomic E-state index is 2.40. The van der Waals surface area contributed by atoms with Crippen molar-refractivity contribution >= 4 is 70.7 Å². The van der Waals surface area contributed by atoms with E-state index in [1.807, 2.05) is 22.7 Å². The van der Waals surface area contributed by atoms with Crippen LogP contribution in [0.5, 0.6) is 0 Å². The monoisotopic (exact) mass is 934 g/mol. The van der Waals surface area contributed by atoms with E-state index < -0.39 is 16.1 Å². The third kappa shape index (κ3) is 11.0. The molecule has 0 spiro atoms. The molecule has 0 saturated heterocycles. The van der Waals surface area contributed by atoms with E-state index in [0.717, 1.165) is 0 Å². The van der Waals surface area contributed by atoms with Crippen LogP contribution in [0.4, 0.5) is 0 Å². The van der Waals surface area contributed by atoms with Crippen LogP contribution in [0.2, 0.25) is 39.3 Å². The van der Waals surface area contributed by atoms with E-state index in [1.54, 1.807) is 0 Å². The van der Waals surface area contributed by atoms with Gasteiger partial charge < -0.3 is 24.8 Å². The van der Waals surface area contributed by atoms with E-state index in [1.165, 1.54) is 110 Å². The number of hydrogen-bond acceptors (Lipinski definition) is 2. The zero-order valence-corrected chi connectivity index (χ0v) is 42.2. The predicted molar refractivity (Wildman–Crippen MR) is 251 cm³/mol. The summed E-state index contributed by atoms with van der Waals surface area (Å²) in [4.78, 5) is 5.74. The van der Waals surface area contributed by atoms with Crippen molar-refractivity contribution in [2.24, 2.45) is 0 Å². The van der Waals surface area contributed by atoms with Crippen LogP contribution in [0, 0.1) is 0 Å². The van der Waals surface area contributed by atoms with Crippen LogP contribution in [0.1, 0.15) is 36.4 Å². The third-order valence-electron chi connectivity index (χ3n) is 10.5. The molecule has 2 aromatic heterocycles. The molecule has 0 aliphatic rings. The molecule has 0 N–H and O–H groups in total. The first kappa shape index (κ1) is 47.1. The molecule has 0 radical (unpaired) electrons. The van der Waals surface area contributed by atoms with Crippen molar-refractivity contribution in [2.75, 3.05) is 0 Å². The van der Waals surface area contributed by atoms with Gasteiger partial charge in [-0.15, -0.1) is 69.1 Å². The molecule has 0 amide bonds. The van der Waals surface area contributed by atoms with Gasteiger partial charge in [0.25, 0.3) is 0 Å². The number of fused-ring (bicyclic) bond motifs is 2. The summed E-state index contributed by atoms with van der Waals surface area (Å²) in [5, 5.41) is 8.43. The number of hydrogen-bond donors (Lipinski definition) is 0. The first-order chi connectivity index (χ1) is 25.9. The summed E-state index contributed by atoms with van der Waals surface area (Å²) in [5.41, 5.74) is 8.01. The predicted octanol–water partition coefficient (Wildman–Crippen LogP) is 8.91. The fraction of sp³-hybridized carbons (Fsp3) is 0.240. The van der Waals surface area contributed by atoms with Gasteiger partial charge in [0.1, 0.15) is 0 Å². The fourth-order valence-corrected chi connectivity index (χ4v) is 11.9. The molecule has 0 aliphatic heterocycles. The van der Waals surface area contributed by atoms with Crippen molar-refractivity contribution < 1.29 is 51.0 Å². The quantitative estimate of drug-likeness (QED) is 0.0951. The standard InChI is InChI=1S/2C25H27SSi.2ClH.Zr/c2*1-5-7-21-12-15-25(26-21)20-16-19-8-6-9-23(24(19)17-20)18-10-13-22(14-11-18)27(2,3)4;;;/h2*6,8-17H,5,7H2,1-4H3;2*1H;/q2*-1;;;+4/p-2. The Labute approximate surface area is 383 Å². The second-order valence-corrected chi connectivity index (χ2v) is 29.3. The number of rotatable bonds is 10. The molecule has 8 rings (SSSR count). The number of benzene rings is 4. The normalized spacial score (nSPS) is 11.4. The summed E-state index contributed by atoms with van der Waals surface area (Å²) in [5.74, 6) is 0. The Kier molecular flexibility index (Phi) is 16.6. The van der Waals surface area contributed by atoms with Gasteiger partial charge in [-0.1, -0.05) is 185 Å². The smallest absolute Gasteiger partial charge is 1.00 e. The van der Waals surface area contributed by atoms with E-state index in [-0.39, 0.29) is 51.0 Å². The Morgan fingerprint density at radius 2 is 0.842 bits per heavy atom. The molecule has 0 aliphatic carbocycles.